The summed E-state index contributed by atoms with van der Waals surface area (Å²) in [5.74, 6) is 0. The highest BCUT2D eigenvalue weighted by atomic mass is 79.9. The number of hydrogen-bond acceptors (Lipinski definition) is 8. The van der Waals surface area contributed by atoms with Gasteiger partial charge in [0.25, 0.3) is 20.0 Å². The van der Waals surface area contributed by atoms with Crippen LogP contribution in [0.25, 0.3) is 0 Å². The van der Waals surface area contributed by atoms with Gasteiger partial charge in [0, 0.05) is 9.65 Å². The van der Waals surface area contributed by atoms with E-state index in [0.717, 1.165) is 19.7 Å². The van der Waals surface area contributed by atoms with Crippen molar-refractivity contribution < 1.29 is 35.9 Å². The number of alkyl halides is 2. The number of halogens is 2. The average molecular weight is 724 g/mol. The van der Waals surface area contributed by atoms with Gasteiger partial charge in [-0.05, 0) is 51.0 Å². The smallest absolute Gasteiger partial charge is 0.424 e. The Morgan fingerprint density at radius 1 is 0.700 bits per heavy atom. The minimum Gasteiger partial charge on any atom is -0.446 e. The molecule has 0 bridgehead atoms. The van der Waals surface area contributed by atoms with Crippen LogP contribution in [0.5, 0.6) is 0 Å². The Morgan fingerprint density at radius 2 is 1.00 bits per heavy atom. The summed E-state index contributed by atoms with van der Waals surface area (Å²) in [5, 5.41) is 0. The third-order valence-corrected chi connectivity index (χ3v) is 12.6. The first-order valence-corrected chi connectivity index (χ1v) is 17.3. The van der Waals surface area contributed by atoms with Gasteiger partial charge < -0.3 is 9.47 Å². The zero-order chi connectivity index (χ0) is 29.8. The van der Waals surface area contributed by atoms with Gasteiger partial charge in [-0.2, -0.15) is 8.61 Å². The molecule has 0 aromatic heterocycles. The fourth-order valence-electron chi connectivity index (χ4n) is 4.09. The van der Waals surface area contributed by atoms with Crippen molar-refractivity contribution in [3.63, 3.8) is 0 Å². The third kappa shape index (κ3) is 6.82. The number of aryl methyl sites for hydroxylation is 2. The molecule has 2 heterocycles. The Balaban J connectivity index is 0.000000220. The molecule has 4 atom stereocenters. The van der Waals surface area contributed by atoms with Crippen molar-refractivity contribution in [1.29, 1.82) is 0 Å². The highest BCUT2D eigenvalue weighted by molar-refractivity contribution is 9.09. The number of amides is 2. The Labute approximate surface area is 252 Å². The van der Waals surface area contributed by atoms with Crippen molar-refractivity contribution in [2.75, 3.05) is 13.2 Å². The molecule has 0 unspecified atom stereocenters. The molecule has 0 aliphatic carbocycles. The van der Waals surface area contributed by atoms with Gasteiger partial charge in [-0.15, -0.1) is 0 Å². The lowest BCUT2D eigenvalue weighted by atomic mass is 10.2. The molecule has 40 heavy (non-hydrogen) atoms. The summed E-state index contributed by atoms with van der Waals surface area (Å²) in [6.45, 7) is 7.73. The molecule has 0 saturated carbocycles. The molecule has 2 aromatic carbocycles. The highest BCUT2D eigenvalue weighted by Crippen LogP contribution is 2.30. The molecule has 2 aliphatic rings. The summed E-state index contributed by atoms with van der Waals surface area (Å²) in [6.07, 6.45) is -0.232. The number of nitrogens with zero attached hydrogens (tertiary/aromatic N) is 2. The number of carbonyl (C=O) groups is 2. The highest BCUT2D eigenvalue weighted by Gasteiger charge is 2.46. The van der Waals surface area contributed by atoms with Crippen molar-refractivity contribution in [2.45, 2.75) is 72.1 Å². The van der Waals surface area contributed by atoms with E-state index in [1.54, 1.807) is 24.3 Å². The van der Waals surface area contributed by atoms with Gasteiger partial charge >= 0.3 is 12.2 Å². The predicted octanol–water partition coefficient (Wildman–Crippen LogP) is 5.36. The van der Waals surface area contributed by atoms with Crippen LogP contribution < -0.4 is 0 Å². The Morgan fingerprint density at radius 3 is 1.27 bits per heavy atom. The zero-order valence-corrected chi connectivity index (χ0v) is 27.3. The first kappa shape index (κ1) is 32.4. The predicted molar refractivity (Wildman–Crippen MR) is 157 cm³/mol. The van der Waals surface area contributed by atoms with Gasteiger partial charge in [-0.3, -0.25) is 0 Å². The molecule has 2 amide bonds. The van der Waals surface area contributed by atoms with Crippen LogP contribution in [0.1, 0.15) is 37.8 Å². The monoisotopic (exact) mass is 722 g/mol. The summed E-state index contributed by atoms with van der Waals surface area (Å²) in [5.41, 5.74) is 1.91. The number of hydrogen-bond donors (Lipinski definition) is 0. The van der Waals surface area contributed by atoms with E-state index in [0.29, 0.717) is 12.8 Å². The van der Waals surface area contributed by atoms with Crippen LogP contribution in [0, 0.1) is 13.8 Å². The lowest BCUT2D eigenvalue weighted by Crippen LogP contribution is -2.43. The van der Waals surface area contributed by atoms with Gasteiger partial charge in [0.15, 0.2) is 0 Å². The topological polar surface area (TPSA) is 127 Å². The molecule has 0 radical (unpaired) electrons. The summed E-state index contributed by atoms with van der Waals surface area (Å²) >= 11 is 6.82. The van der Waals surface area contributed by atoms with Crippen molar-refractivity contribution in [3.8, 4) is 0 Å². The van der Waals surface area contributed by atoms with Gasteiger partial charge in [0.1, 0.15) is 13.2 Å². The normalized spacial score (nSPS) is 20.9. The minimum absolute atomic E-state index is 0.0771. The lowest BCUT2D eigenvalue weighted by molar-refractivity contribution is 0.168. The first-order chi connectivity index (χ1) is 18.7. The molecule has 2 fully saturated rings. The second kappa shape index (κ2) is 13.2. The van der Waals surface area contributed by atoms with E-state index in [4.69, 9.17) is 9.47 Å². The molecule has 4 rings (SSSR count). The quantitative estimate of drug-likeness (QED) is 0.334. The SMILES string of the molecule is CC[C@@H](Br)[C@H]1COC(=O)N1S(=O)(=O)c1ccc(C)cc1.CC[C@@H](Br)[C@H]1COC(=O)N1S(=O)(=O)c1ccc(C)cc1. The first-order valence-electron chi connectivity index (χ1n) is 12.6. The molecule has 2 saturated heterocycles. The number of cyclic esters (lactones) is 2. The van der Waals surface area contributed by atoms with Crippen molar-refractivity contribution in [2.24, 2.45) is 0 Å². The van der Waals surface area contributed by atoms with E-state index in [-0.39, 0.29) is 32.7 Å². The molecule has 10 nitrogen and oxygen atoms in total. The molecular weight excluding hydrogens is 692 g/mol. The van der Waals surface area contributed by atoms with Gasteiger partial charge in [0.05, 0.1) is 21.9 Å². The molecular formula is C26H32Br2N2O8S2. The molecule has 220 valence electrons. The Bertz CT molecular complexity index is 1310. The molecule has 2 aliphatic heterocycles. The van der Waals surface area contributed by atoms with E-state index >= 15 is 0 Å². The second-order valence-electron chi connectivity index (χ2n) is 9.36. The van der Waals surface area contributed by atoms with E-state index < -0.39 is 44.3 Å². The maximum atomic E-state index is 12.6. The molecule has 0 spiro atoms. The molecule has 2 aromatic rings. The summed E-state index contributed by atoms with van der Waals surface area (Å²) < 4.78 is 61.9. The second-order valence-corrected chi connectivity index (χ2v) is 15.3. The van der Waals surface area contributed by atoms with Crippen LogP contribution in [0.3, 0.4) is 0 Å². The minimum atomic E-state index is -3.88. The van der Waals surface area contributed by atoms with Gasteiger partial charge in [0.2, 0.25) is 0 Å². The summed E-state index contributed by atoms with van der Waals surface area (Å²) in [4.78, 5) is 23.5. The van der Waals surface area contributed by atoms with E-state index in [1.807, 2.05) is 27.7 Å². The number of ether oxygens (including phenoxy) is 2. The van der Waals surface area contributed by atoms with E-state index in [9.17, 15) is 26.4 Å². The lowest BCUT2D eigenvalue weighted by Gasteiger charge is -2.24. The zero-order valence-electron chi connectivity index (χ0n) is 22.5. The molecule has 14 heteroatoms. The molecule has 0 N–H and O–H groups in total. The number of sulfonamides is 2. The van der Waals surface area contributed by atoms with Crippen LogP contribution in [-0.2, 0) is 29.5 Å². The number of benzene rings is 2. The van der Waals surface area contributed by atoms with Crippen LogP contribution in [0.2, 0.25) is 0 Å². The number of carbonyl (C=O) groups excluding carboxylic acids is 2. The van der Waals surface area contributed by atoms with Gasteiger partial charge in [-0.1, -0.05) is 81.1 Å². The average Bonchev–Trinajstić information content (AvgIpc) is 3.52. The van der Waals surface area contributed by atoms with Crippen LogP contribution in [-0.4, -0.2) is 72.6 Å². The van der Waals surface area contributed by atoms with E-state index in [2.05, 4.69) is 31.9 Å². The summed E-state index contributed by atoms with van der Waals surface area (Å²) in [6, 6.07) is 11.8. The van der Waals surface area contributed by atoms with E-state index in [1.165, 1.54) is 24.3 Å². The van der Waals surface area contributed by atoms with Gasteiger partial charge in [-0.25, -0.2) is 26.4 Å². The number of rotatable bonds is 8. The Hall–Kier alpha value is -2.16. The Kier molecular flexibility index (Phi) is 10.7. The standard InChI is InChI=1S/2C13H16BrNO4S/c2*1-3-11(14)12-8-19-13(16)15(12)20(17,18)10-6-4-9(2)5-7-10/h2*4-7,11-12H,3,8H2,1-2H3/t2*11-,12-/m11/s1. The van der Waals surface area contributed by atoms with Crippen LogP contribution in [0.4, 0.5) is 9.59 Å². The fourth-order valence-corrected chi connectivity index (χ4v) is 8.23. The maximum Gasteiger partial charge on any atom is 0.424 e. The van der Waals surface area contributed by atoms with Crippen molar-refractivity contribution >= 4 is 64.1 Å². The van der Waals surface area contributed by atoms with Crippen LogP contribution in [0.15, 0.2) is 58.3 Å². The van der Waals surface area contributed by atoms with Crippen molar-refractivity contribution in [1.82, 2.24) is 8.61 Å². The largest absolute Gasteiger partial charge is 0.446 e. The maximum absolute atomic E-state index is 12.6. The van der Waals surface area contributed by atoms with Crippen LogP contribution >= 0.6 is 31.9 Å². The third-order valence-electron chi connectivity index (χ3n) is 6.49. The van der Waals surface area contributed by atoms with Crippen molar-refractivity contribution in [3.05, 3.63) is 59.7 Å². The fraction of sp³-hybridized carbons (Fsp3) is 0.462. The summed E-state index contributed by atoms with van der Waals surface area (Å²) in [7, 11) is -7.76.